The normalized spacial score (nSPS) is 9.88. The molecule has 0 spiro atoms. The Morgan fingerprint density at radius 1 is 1.12 bits per heavy atom. The van der Waals surface area contributed by atoms with Gasteiger partial charge in [0.05, 0.1) is 23.9 Å². The largest absolute Gasteiger partial charge is 0.252 e. The number of hydrogen-bond donors (Lipinski definition) is 0. The van der Waals surface area contributed by atoms with Crippen LogP contribution >= 0.6 is 0 Å². The molecule has 0 radical (unpaired) electrons. The predicted octanol–water partition coefficient (Wildman–Crippen LogP) is 3.38. The summed E-state index contributed by atoms with van der Waals surface area (Å²) in [7, 11) is 0. The third kappa shape index (κ3) is 2.70. The van der Waals surface area contributed by atoms with Gasteiger partial charge in [0.15, 0.2) is 0 Å². The lowest BCUT2D eigenvalue weighted by atomic mass is 10.1. The first-order chi connectivity index (χ1) is 8.33. The van der Waals surface area contributed by atoms with Gasteiger partial charge in [-0.05, 0) is 24.1 Å². The summed E-state index contributed by atoms with van der Waals surface area (Å²) in [5.74, 6) is 0. The summed E-state index contributed by atoms with van der Waals surface area (Å²) < 4.78 is 0. The quantitative estimate of drug-likeness (QED) is 0.798. The molecule has 1 aromatic carbocycles. The van der Waals surface area contributed by atoms with Crippen LogP contribution < -0.4 is 0 Å². The molecule has 0 aliphatic heterocycles. The predicted molar refractivity (Wildman–Crippen MR) is 68.4 cm³/mol. The van der Waals surface area contributed by atoms with E-state index in [9.17, 15) is 0 Å². The average molecular weight is 222 g/mol. The Kier molecular flexibility index (Phi) is 3.52. The molecule has 0 saturated carbocycles. The third-order valence-electron chi connectivity index (χ3n) is 2.72. The first-order valence-corrected chi connectivity index (χ1v) is 5.75. The van der Waals surface area contributed by atoms with Gasteiger partial charge in [-0.1, -0.05) is 37.3 Å². The summed E-state index contributed by atoms with van der Waals surface area (Å²) in [5.41, 5.74) is 4.17. The van der Waals surface area contributed by atoms with Gasteiger partial charge in [0.25, 0.3) is 0 Å². The molecule has 0 unspecified atom stereocenters. The molecule has 2 aromatic rings. The number of nitriles is 1. The zero-order chi connectivity index (χ0) is 12.1. The average Bonchev–Trinajstić information content (AvgIpc) is 2.40. The van der Waals surface area contributed by atoms with Crippen LogP contribution in [0.15, 0.2) is 42.5 Å². The summed E-state index contributed by atoms with van der Waals surface area (Å²) in [4.78, 5) is 4.47. The van der Waals surface area contributed by atoms with Crippen LogP contribution in [0.5, 0.6) is 0 Å². The van der Waals surface area contributed by atoms with Gasteiger partial charge in [-0.25, -0.2) is 0 Å². The molecular weight excluding hydrogens is 208 g/mol. The standard InChI is InChI=1S/C15H14N2/c1-2-12-6-8-13(9-7-12)15-5-3-4-14(17-15)10-11-16/h3-9H,2,10H2,1H3. The van der Waals surface area contributed by atoms with Crippen molar-refractivity contribution >= 4 is 0 Å². The third-order valence-corrected chi connectivity index (χ3v) is 2.72. The number of rotatable bonds is 3. The Morgan fingerprint density at radius 2 is 1.88 bits per heavy atom. The molecule has 1 heterocycles. The first-order valence-electron chi connectivity index (χ1n) is 5.75. The molecule has 0 aliphatic rings. The zero-order valence-electron chi connectivity index (χ0n) is 9.85. The Morgan fingerprint density at radius 3 is 2.53 bits per heavy atom. The smallest absolute Gasteiger partial charge is 0.0774 e. The Bertz CT molecular complexity index is 536. The summed E-state index contributed by atoms with van der Waals surface area (Å²) in [6.45, 7) is 2.14. The Labute approximate surface area is 102 Å². The van der Waals surface area contributed by atoms with Crippen LogP contribution in [0.1, 0.15) is 18.2 Å². The topological polar surface area (TPSA) is 36.7 Å². The number of aromatic nitrogens is 1. The van der Waals surface area contributed by atoms with Gasteiger partial charge in [0.2, 0.25) is 0 Å². The van der Waals surface area contributed by atoms with E-state index in [0.29, 0.717) is 6.42 Å². The van der Waals surface area contributed by atoms with Crippen LogP contribution in [0.25, 0.3) is 11.3 Å². The van der Waals surface area contributed by atoms with Gasteiger partial charge >= 0.3 is 0 Å². The van der Waals surface area contributed by atoms with E-state index in [1.165, 1.54) is 5.56 Å². The lowest BCUT2D eigenvalue weighted by Gasteiger charge is -2.03. The maximum Gasteiger partial charge on any atom is 0.0774 e. The van der Waals surface area contributed by atoms with Gasteiger partial charge in [0.1, 0.15) is 0 Å². The fraction of sp³-hybridized carbons (Fsp3) is 0.200. The van der Waals surface area contributed by atoms with Crippen molar-refractivity contribution in [3.63, 3.8) is 0 Å². The lowest BCUT2D eigenvalue weighted by Crippen LogP contribution is -1.90. The second kappa shape index (κ2) is 5.27. The minimum atomic E-state index is 0.362. The zero-order valence-corrected chi connectivity index (χ0v) is 9.85. The molecule has 0 N–H and O–H groups in total. The van der Waals surface area contributed by atoms with Crippen molar-refractivity contribution in [1.29, 1.82) is 5.26 Å². The second-order valence-corrected chi connectivity index (χ2v) is 3.90. The molecule has 2 nitrogen and oxygen atoms in total. The van der Waals surface area contributed by atoms with Crippen LogP contribution in [-0.4, -0.2) is 4.98 Å². The summed E-state index contributed by atoms with van der Waals surface area (Å²) in [6, 6.07) is 16.3. The van der Waals surface area contributed by atoms with Gasteiger partial charge in [-0.2, -0.15) is 5.26 Å². The summed E-state index contributed by atoms with van der Waals surface area (Å²) >= 11 is 0. The van der Waals surface area contributed by atoms with E-state index >= 15 is 0 Å². The van der Waals surface area contributed by atoms with E-state index in [0.717, 1.165) is 23.4 Å². The van der Waals surface area contributed by atoms with Crippen molar-refractivity contribution in [2.45, 2.75) is 19.8 Å². The van der Waals surface area contributed by atoms with Gasteiger partial charge in [0, 0.05) is 5.56 Å². The van der Waals surface area contributed by atoms with Crippen LogP contribution in [0, 0.1) is 11.3 Å². The molecule has 84 valence electrons. The van der Waals surface area contributed by atoms with Gasteiger partial charge < -0.3 is 0 Å². The van der Waals surface area contributed by atoms with Crippen molar-refractivity contribution in [2.24, 2.45) is 0 Å². The fourth-order valence-corrected chi connectivity index (χ4v) is 1.73. The van der Waals surface area contributed by atoms with E-state index in [2.05, 4.69) is 42.2 Å². The molecule has 1 aromatic heterocycles. The molecule has 0 amide bonds. The Hall–Kier alpha value is -2.14. The monoisotopic (exact) mass is 222 g/mol. The highest BCUT2D eigenvalue weighted by Crippen LogP contribution is 2.18. The molecular formula is C15H14N2. The minimum absolute atomic E-state index is 0.362. The highest BCUT2D eigenvalue weighted by molar-refractivity contribution is 5.59. The molecule has 0 fully saturated rings. The van der Waals surface area contributed by atoms with Crippen molar-refractivity contribution in [3.8, 4) is 17.3 Å². The van der Waals surface area contributed by atoms with Crippen molar-refractivity contribution in [2.75, 3.05) is 0 Å². The molecule has 0 atom stereocenters. The van der Waals surface area contributed by atoms with E-state index in [1.807, 2.05) is 18.2 Å². The summed E-state index contributed by atoms with van der Waals surface area (Å²) in [5, 5.41) is 8.66. The van der Waals surface area contributed by atoms with E-state index in [1.54, 1.807) is 0 Å². The molecule has 2 rings (SSSR count). The van der Waals surface area contributed by atoms with Gasteiger partial charge in [-0.15, -0.1) is 0 Å². The SMILES string of the molecule is CCc1ccc(-c2cccc(CC#N)n2)cc1. The van der Waals surface area contributed by atoms with Crippen LogP contribution in [-0.2, 0) is 12.8 Å². The van der Waals surface area contributed by atoms with Crippen molar-refractivity contribution in [3.05, 3.63) is 53.7 Å². The van der Waals surface area contributed by atoms with E-state index in [-0.39, 0.29) is 0 Å². The fourth-order valence-electron chi connectivity index (χ4n) is 1.73. The molecule has 0 saturated heterocycles. The maximum atomic E-state index is 8.66. The lowest BCUT2D eigenvalue weighted by molar-refractivity contribution is 1.11. The number of aryl methyl sites for hydroxylation is 1. The molecule has 0 aliphatic carbocycles. The van der Waals surface area contributed by atoms with E-state index in [4.69, 9.17) is 5.26 Å². The first kappa shape index (κ1) is 11.3. The number of pyridine rings is 1. The highest BCUT2D eigenvalue weighted by atomic mass is 14.7. The van der Waals surface area contributed by atoms with E-state index < -0.39 is 0 Å². The number of benzene rings is 1. The summed E-state index contributed by atoms with van der Waals surface area (Å²) in [6.07, 6.45) is 1.41. The molecule has 0 bridgehead atoms. The number of hydrogen-bond acceptors (Lipinski definition) is 2. The van der Waals surface area contributed by atoms with Crippen molar-refractivity contribution < 1.29 is 0 Å². The maximum absolute atomic E-state index is 8.66. The highest BCUT2D eigenvalue weighted by Gasteiger charge is 2.00. The Balaban J connectivity index is 2.32. The van der Waals surface area contributed by atoms with Crippen molar-refractivity contribution in [1.82, 2.24) is 4.98 Å². The number of nitrogens with zero attached hydrogens (tertiary/aromatic N) is 2. The molecule has 17 heavy (non-hydrogen) atoms. The van der Waals surface area contributed by atoms with Crippen LogP contribution in [0.3, 0.4) is 0 Å². The minimum Gasteiger partial charge on any atom is -0.252 e. The van der Waals surface area contributed by atoms with Gasteiger partial charge in [-0.3, -0.25) is 4.98 Å². The van der Waals surface area contributed by atoms with Crippen LogP contribution in [0.2, 0.25) is 0 Å². The van der Waals surface area contributed by atoms with Crippen LogP contribution in [0.4, 0.5) is 0 Å². The second-order valence-electron chi connectivity index (χ2n) is 3.90. The molecule has 2 heteroatoms.